The summed E-state index contributed by atoms with van der Waals surface area (Å²) in [5, 5.41) is 3.08. The Labute approximate surface area is 118 Å². The van der Waals surface area contributed by atoms with E-state index in [2.05, 4.69) is 5.32 Å². The van der Waals surface area contributed by atoms with Crippen LogP contribution in [0.3, 0.4) is 0 Å². The van der Waals surface area contributed by atoms with Crippen molar-refractivity contribution in [3.05, 3.63) is 35.4 Å². The molecule has 0 aromatic heterocycles. The Hall–Kier alpha value is -1.49. The first-order valence-electron chi connectivity index (χ1n) is 6.99. The number of benzene rings is 1. The van der Waals surface area contributed by atoms with Crippen molar-refractivity contribution in [3.63, 3.8) is 0 Å². The van der Waals surface area contributed by atoms with Crippen LogP contribution in [0.4, 0.5) is 8.78 Å². The van der Waals surface area contributed by atoms with E-state index in [-0.39, 0.29) is 18.0 Å². The van der Waals surface area contributed by atoms with Gasteiger partial charge in [-0.25, -0.2) is 8.78 Å². The Morgan fingerprint density at radius 2 is 1.90 bits per heavy atom. The van der Waals surface area contributed by atoms with Crippen LogP contribution in [0.2, 0.25) is 0 Å². The van der Waals surface area contributed by atoms with E-state index in [4.69, 9.17) is 0 Å². The predicted octanol–water partition coefficient (Wildman–Crippen LogP) is 2.63. The minimum absolute atomic E-state index is 0.0388. The summed E-state index contributed by atoms with van der Waals surface area (Å²) >= 11 is 0. The minimum atomic E-state index is -0.598. The summed E-state index contributed by atoms with van der Waals surface area (Å²) in [6.07, 6.45) is 2.08. The number of carbonyl (C=O) groups is 1. The molecule has 0 radical (unpaired) electrons. The van der Waals surface area contributed by atoms with Gasteiger partial charge in [-0.1, -0.05) is 6.07 Å². The molecule has 0 aliphatic carbocycles. The quantitative estimate of drug-likeness (QED) is 0.920. The van der Waals surface area contributed by atoms with Crippen LogP contribution in [0.1, 0.15) is 38.3 Å². The fourth-order valence-electron chi connectivity index (χ4n) is 2.60. The van der Waals surface area contributed by atoms with Crippen LogP contribution in [0.5, 0.6) is 0 Å². The molecule has 2 atom stereocenters. The molecule has 1 aliphatic rings. The van der Waals surface area contributed by atoms with E-state index in [1.165, 1.54) is 12.1 Å². The van der Waals surface area contributed by atoms with Crippen molar-refractivity contribution in [2.45, 2.75) is 38.8 Å². The van der Waals surface area contributed by atoms with Gasteiger partial charge in [-0.05, 0) is 32.8 Å². The first-order chi connectivity index (χ1) is 9.49. The third-order valence-corrected chi connectivity index (χ3v) is 3.72. The maximum absolute atomic E-state index is 13.7. The van der Waals surface area contributed by atoms with Crippen molar-refractivity contribution in [1.29, 1.82) is 0 Å². The molecule has 3 nitrogen and oxygen atoms in total. The van der Waals surface area contributed by atoms with E-state index in [1.807, 2.05) is 4.90 Å². The average molecular weight is 282 g/mol. The molecule has 1 amide bonds. The van der Waals surface area contributed by atoms with Crippen molar-refractivity contribution in [3.8, 4) is 0 Å². The molecule has 2 unspecified atom stereocenters. The second-order valence-electron chi connectivity index (χ2n) is 5.31. The Bertz CT molecular complexity index is 487. The van der Waals surface area contributed by atoms with Gasteiger partial charge in [0.2, 0.25) is 5.91 Å². The van der Waals surface area contributed by atoms with Crippen LogP contribution in [0.25, 0.3) is 0 Å². The lowest BCUT2D eigenvalue weighted by Gasteiger charge is -2.24. The number of hydrogen-bond donors (Lipinski definition) is 1. The van der Waals surface area contributed by atoms with Crippen LogP contribution < -0.4 is 5.32 Å². The maximum atomic E-state index is 13.7. The van der Waals surface area contributed by atoms with Crippen LogP contribution in [-0.4, -0.2) is 29.9 Å². The Morgan fingerprint density at radius 3 is 2.50 bits per heavy atom. The smallest absolute Gasteiger partial charge is 0.239 e. The molecule has 0 spiro atoms. The minimum Gasteiger partial charge on any atom is -0.341 e. The summed E-state index contributed by atoms with van der Waals surface area (Å²) in [4.78, 5) is 14.0. The molecule has 1 N–H and O–H groups in total. The molecule has 1 aromatic rings. The summed E-state index contributed by atoms with van der Waals surface area (Å²) < 4.78 is 26.6. The average Bonchev–Trinajstić information content (AvgIpc) is 2.91. The largest absolute Gasteiger partial charge is 0.341 e. The summed E-state index contributed by atoms with van der Waals surface area (Å²) in [7, 11) is 0. The second kappa shape index (κ2) is 6.31. The second-order valence-corrected chi connectivity index (χ2v) is 5.31. The highest BCUT2D eigenvalue weighted by Crippen LogP contribution is 2.19. The zero-order valence-electron chi connectivity index (χ0n) is 11.8. The van der Waals surface area contributed by atoms with Crippen LogP contribution in [-0.2, 0) is 4.79 Å². The molecule has 0 saturated carbocycles. The molecule has 1 aromatic carbocycles. The number of carbonyl (C=O) groups excluding carboxylic acids is 1. The van der Waals surface area contributed by atoms with Gasteiger partial charge >= 0.3 is 0 Å². The third-order valence-electron chi connectivity index (χ3n) is 3.72. The number of nitrogens with one attached hydrogen (secondary N) is 1. The highest BCUT2D eigenvalue weighted by atomic mass is 19.1. The van der Waals surface area contributed by atoms with Gasteiger partial charge in [0.1, 0.15) is 11.6 Å². The van der Waals surface area contributed by atoms with Gasteiger partial charge in [0, 0.05) is 30.8 Å². The van der Waals surface area contributed by atoms with Gasteiger partial charge in [-0.3, -0.25) is 10.1 Å². The van der Waals surface area contributed by atoms with Crippen molar-refractivity contribution >= 4 is 5.91 Å². The zero-order valence-corrected chi connectivity index (χ0v) is 11.8. The maximum Gasteiger partial charge on any atom is 0.239 e. The van der Waals surface area contributed by atoms with Gasteiger partial charge in [0.25, 0.3) is 0 Å². The molecule has 0 bridgehead atoms. The van der Waals surface area contributed by atoms with E-state index in [1.54, 1.807) is 13.8 Å². The molecule has 110 valence electrons. The van der Waals surface area contributed by atoms with Crippen LogP contribution in [0, 0.1) is 11.6 Å². The number of hydrogen-bond acceptors (Lipinski definition) is 2. The third kappa shape index (κ3) is 3.33. The van der Waals surface area contributed by atoms with Gasteiger partial charge in [0.05, 0.1) is 6.04 Å². The van der Waals surface area contributed by atoms with Crippen LogP contribution in [0.15, 0.2) is 18.2 Å². The lowest BCUT2D eigenvalue weighted by molar-refractivity contribution is -0.132. The normalized spacial score (nSPS) is 18.1. The molecule has 1 heterocycles. The fourth-order valence-corrected chi connectivity index (χ4v) is 2.60. The highest BCUT2D eigenvalue weighted by Gasteiger charge is 2.25. The molecular formula is C15H20F2N2O. The van der Waals surface area contributed by atoms with E-state index in [0.717, 1.165) is 32.0 Å². The first kappa shape index (κ1) is 14.9. The fraction of sp³-hybridized carbons (Fsp3) is 0.533. The topological polar surface area (TPSA) is 32.3 Å². The summed E-state index contributed by atoms with van der Waals surface area (Å²) in [5.74, 6) is -1.15. The standard InChI is InChI=1S/C15H20F2N2O/c1-10(13-6-5-12(16)9-14(13)17)18-11(2)15(20)19-7-3-4-8-19/h5-6,9-11,18H,3-4,7-8H2,1-2H3. The molecule has 1 fully saturated rings. The monoisotopic (exact) mass is 282 g/mol. The molecule has 2 rings (SSSR count). The summed E-state index contributed by atoms with van der Waals surface area (Å²) in [5.41, 5.74) is 0.368. The predicted molar refractivity (Wildman–Crippen MR) is 73.2 cm³/mol. The summed E-state index contributed by atoms with van der Waals surface area (Å²) in [6.45, 7) is 5.14. The Balaban J connectivity index is 1.99. The van der Waals surface area contributed by atoms with E-state index in [9.17, 15) is 13.6 Å². The number of rotatable bonds is 4. The van der Waals surface area contributed by atoms with Gasteiger partial charge in [-0.15, -0.1) is 0 Å². The molecular weight excluding hydrogens is 262 g/mol. The van der Waals surface area contributed by atoms with E-state index >= 15 is 0 Å². The van der Waals surface area contributed by atoms with Crippen molar-refractivity contribution in [1.82, 2.24) is 10.2 Å². The van der Waals surface area contributed by atoms with Crippen molar-refractivity contribution < 1.29 is 13.6 Å². The number of likely N-dealkylation sites (tertiary alicyclic amines) is 1. The number of nitrogens with zero attached hydrogens (tertiary/aromatic N) is 1. The number of halogens is 2. The van der Waals surface area contributed by atoms with Crippen molar-refractivity contribution in [2.75, 3.05) is 13.1 Å². The van der Waals surface area contributed by atoms with E-state index < -0.39 is 11.6 Å². The van der Waals surface area contributed by atoms with Crippen molar-refractivity contribution in [2.24, 2.45) is 0 Å². The SMILES string of the molecule is CC(NC(C)c1ccc(F)cc1F)C(=O)N1CCCC1. The highest BCUT2D eigenvalue weighted by molar-refractivity contribution is 5.81. The van der Waals surface area contributed by atoms with Crippen LogP contribution >= 0.6 is 0 Å². The Morgan fingerprint density at radius 1 is 1.25 bits per heavy atom. The Kier molecular flexibility index (Phi) is 4.70. The van der Waals surface area contributed by atoms with Gasteiger partial charge < -0.3 is 4.90 Å². The van der Waals surface area contributed by atoms with E-state index in [0.29, 0.717) is 5.56 Å². The number of amides is 1. The first-order valence-corrected chi connectivity index (χ1v) is 6.99. The molecule has 20 heavy (non-hydrogen) atoms. The zero-order chi connectivity index (χ0) is 14.7. The van der Waals surface area contributed by atoms with Gasteiger partial charge in [0.15, 0.2) is 0 Å². The van der Waals surface area contributed by atoms with Gasteiger partial charge in [-0.2, -0.15) is 0 Å². The molecule has 1 aliphatic heterocycles. The molecule has 5 heteroatoms. The lowest BCUT2D eigenvalue weighted by Crippen LogP contribution is -2.44. The summed E-state index contributed by atoms with van der Waals surface area (Å²) in [6, 6.07) is 2.77. The molecule has 1 saturated heterocycles. The lowest BCUT2D eigenvalue weighted by atomic mass is 10.1.